The molecule has 1 heterocycles. The van der Waals surface area contributed by atoms with E-state index in [1.165, 1.54) is 4.88 Å². The number of ether oxygens (including phenoxy) is 1. The lowest BCUT2D eigenvalue weighted by atomic mass is 10.2. The topological polar surface area (TPSA) is 22.1 Å². The second-order valence-electron chi connectivity index (χ2n) is 2.60. The van der Waals surface area contributed by atoms with E-state index in [0.717, 1.165) is 11.3 Å². The number of aromatic nitrogens is 1. The van der Waals surface area contributed by atoms with Crippen molar-refractivity contribution >= 4 is 11.3 Å². The van der Waals surface area contributed by atoms with Crippen molar-refractivity contribution in [1.29, 1.82) is 0 Å². The Balaban J connectivity index is 2.41. The van der Waals surface area contributed by atoms with Gasteiger partial charge in [-0.05, 0) is 17.7 Å². The Morgan fingerprint density at radius 1 is 1.38 bits per heavy atom. The van der Waals surface area contributed by atoms with Crippen LogP contribution >= 0.6 is 11.3 Å². The van der Waals surface area contributed by atoms with Crippen LogP contribution in [0.15, 0.2) is 36.0 Å². The largest absolute Gasteiger partial charge is 0.497 e. The number of thiazole rings is 1. The predicted molar refractivity (Wildman–Crippen MR) is 54.1 cm³/mol. The molecule has 0 aliphatic rings. The van der Waals surface area contributed by atoms with Crippen molar-refractivity contribution in [1.82, 2.24) is 4.98 Å². The van der Waals surface area contributed by atoms with E-state index in [-0.39, 0.29) is 0 Å². The molecule has 3 heteroatoms. The van der Waals surface area contributed by atoms with Crippen molar-refractivity contribution in [3.8, 4) is 16.2 Å². The van der Waals surface area contributed by atoms with E-state index in [1.54, 1.807) is 18.4 Å². The second-order valence-corrected chi connectivity index (χ2v) is 3.48. The lowest BCUT2D eigenvalue weighted by molar-refractivity contribution is 0.415. The highest BCUT2D eigenvalue weighted by atomic mass is 32.1. The summed E-state index contributed by atoms with van der Waals surface area (Å²) < 4.78 is 5.14. The van der Waals surface area contributed by atoms with Crippen LogP contribution < -0.4 is 4.74 Å². The molecule has 2 aromatic rings. The summed E-state index contributed by atoms with van der Waals surface area (Å²) in [4.78, 5) is 5.20. The SMILES string of the molecule is COc1cccc(-c2cncs2)c1. The molecule has 0 aliphatic heterocycles. The standard InChI is InChI=1S/C10H9NOS/c1-12-9-4-2-3-8(5-9)10-6-11-7-13-10/h2-7H,1H3. The third kappa shape index (κ3) is 1.70. The fourth-order valence-electron chi connectivity index (χ4n) is 1.13. The molecule has 13 heavy (non-hydrogen) atoms. The molecule has 0 atom stereocenters. The first-order chi connectivity index (χ1) is 6.40. The zero-order chi connectivity index (χ0) is 9.10. The summed E-state index contributed by atoms with van der Waals surface area (Å²) in [6, 6.07) is 7.97. The molecule has 1 aromatic carbocycles. The maximum Gasteiger partial charge on any atom is 0.119 e. The summed E-state index contributed by atoms with van der Waals surface area (Å²) in [6.07, 6.45) is 1.86. The molecule has 0 N–H and O–H groups in total. The summed E-state index contributed by atoms with van der Waals surface area (Å²) in [5.74, 6) is 0.880. The normalized spacial score (nSPS) is 9.92. The number of benzene rings is 1. The minimum atomic E-state index is 0.880. The van der Waals surface area contributed by atoms with Crippen molar-refractivity contribution in [2.45, 2.75) is 0 Å². The minimum Gasteiger partial charge on any atom is -0.497 e. The van der Waals surface area contributed by atoms with Gasteiger partial charge in [-0.2, -0.15) is 0 Å². The van der Waals surface area contributed by atoms with Gasteiger partial charge in [0.15, 0.2) is 0 Å². The fourth-order valence-corrected chi connectivity index (χ4v) is 1.75. The quantitative estimate of drug-likeness (QED) is 0.728. The minimum absolute atomic E-state index is 0.880. The molecule has 66 valence electrons. The lowest BCUT2D eigenvalue weighted by Gasteiger charge is -2.00. The molecular formula is C10H9NOS. The third-order valence-electron chi connectivity index (χ3n) is 1.79. The van der Waals surface area contributed by atoms with Crippen LogP contribution in [0, 0.1) is 0 Å². The van der Waals surface area contributed by atoms with Gasteiger partial charge in [0.05, 0.1) is 17.5 Å². The summed E-state index contributed by atoms with van der Waals surface area (Å²) in [6.45, 7) is 0. The number of rotatable bonds is 2. The highest BCUT2D eigenvalue weighted by Crippen LogP contribution is 2.26. The Bertz CT molecular complexity index is 384. The Morgan fingerprint density at radius 3 is 3.00 bits per heavy atom. The van der Waals surface area contributed by atoms with Crippen LogP contribution in [0.25, 0.3) is 10.4 Å². The Labute approximate surface area is 80.8 Å². The Kier molecular flexibility index (Phi) is 2.27. The highest BCUT2D eigenvalue weighted by Gasteiger charge is 1.99. The Morgan fingerprint density at radius 2 is 2.31 bits per heavy atom. The molecule has 2 rings (SSSR count). The van der Waals surface area contributed by atoms with Gasteiger partial charge in [-0.25, -0.2) is 0 Å². The summed E-state index contributed by atoms with van der Waals surface area (Å²) in [5, 5.41) is 0. The van der Waals surface area contributed by atoms with Gasteiger partial charge in [-0.1, -0.05) is 12.1 Å². The van der Waals surface area contributed by atoms with E-state index in [4.69, 9.17) is 4.74 Å². The molecule has 0 radical (unpaired) electrons. The predicted octanol–water partition coefficient (Wildman–Crippen LogP) is 2.82. The maximum absolute atomic E-state index is 5.14. The zero-order valence-corrected chi connectivity index (χ0v) is 8.04. The number of hydrogen-bond acceptors (Lipinski definition) is 3. The monoisotopic (exact) mass is 191 g/mol. The molecule has 0 aliphatic carbocycles. The fraction of sp³-hybridized carbons (Fsp3) is 0.100. The highest BCUT2D eigenvalue weighted by molar-refractivity contribution is 7.13. The molecule has 0 amide bonds. The number of hydrogen-bond donors (Lipinski definition) is 0. The van der Waals surface area contributed by atoms with Gasteiger partial charge in [0, 0.05) is 6.20 Å². The van der Waals surface area contributed by atoms with Crippen LogP contribution in [-0.4, -0.2) is 12.1 Å². The first-order valence-corrected chi connectivity index (χ1v) is 4.81. The molecule has 0 saturated carbocycles. The third-order valence-corrected chi connectivity index (χ3v) is 2.61. The van der Waals surface area contributed by atoms with Crippen LogP contribution in [0.1, 0.15) is 0 Å². The summed E-state index contributed by atoms with van der Waals surface area (Å²) in [7, 11) is 1.67. The number of nitrogens with zero attached hydrogens (tertiary/aromatic N) is 1. The summed E-state index contributed by atoms with van der Waals surface area (Å²) >= 11 is 1.63. The molecular weight excluding hydrogens is 182 g/mol. The van der Waals surface area contributed by atoms with E-state index in [1.807, 2.05) is 29.9 Å². The van der Waals surface area contributed by atoms with Crippen molar-refractivity contribution in [2.75, 3.05) is 7.11 Å². The van der Waals surface area contributed by atoms with Crippen molar-refractivity contribution in [3.63, 3.8) is 0 Å². The van der Waals surface area contributed by atoms with Gasteiger partial charge in [0.2, 0.25) is 0 Å². The molecule has 0 bridgehead atoms. The summed E-state index contributed by atoms with van der Waals surface area (Å²) in [5.41, 5.74) is 2.98. The van der Waals surface area contributed by atoms with Gasteiger partial charge < -0.3 is 4.74 Å². The molecule has 0 fully saturated rings. The van der Waals surface area contributed by atoms with Gasteiger partial charge in [0.25, 0.3) is 0 Å². The maximum atomic E-state index is 5.14. The van der Waals surface area contributed by atoms with E-state index < -0.39 is 0 Å². The molecule has 1 aromatic heterocycles. The first-order valence-electron chi connectivity index (χ1n) is 3.93. The lowest BCUT2D eigenvalue weighted by Crippen LogP contribution is -1.81. The van der Waals surface area contributed by atoms with Crippen molar-refractivity contribution < 1.29 is 4.74 Å². The van der Waals surface area contributed by atoms with Gasteiger partial charge in [-0.15, -0.1) is 11.3 Å². The van der Waals surface area contributed by atoms with E-state index >= 15 is 0 Å². The van der Waals surface area contributed by atoms with Crippen LogP contribution in [-0.2, 0) is 0 Å². The van der Waals surface area contributed by atoms with Gasteiger partial charge >= 0.3 is 0 Å². The first kappa shape index (κ1) is 8.26. The van der Waals surface area contributed by atoms with E-state index in [2.05, 4.69) is 11.1 Å². The van der Waals surface area contributed by atoms with Crippen molar-refractivity contribution in [2.24, 2.45) is 0 Å². The number of methoxy groups -OCH3 is 1. The average molecular weight is 191 g/mol. The molecule has 0 unspecified atom stereocenters. The second kappa shape index (κ2) is 3.58. The van der Waals surface area contributed by atoms with E-state index in [0.29, 0.717) is 0 Å². The van der Waals surface area contributed by atoms with E-state index in [9.17, 15) is 0 Å². The van der Waals surface area contributed by atoms with Crippen LogP contribution in [0.2, 0.25) is 0 Å². The zero-order valence-electron chi connectivity index (χ0n) is 7.23. The van der Waals surface area contributed by atoms with Crippen LogP contribution in [0.4, 0.5) is 0 Å². The van der Waals surface area contributed by atoms with Gasteiger partial charge in [-0.3, -0.25) is 4.98 Å². The molecule has 0 saturated heterocycles. The molecule has 2 nitrogen and oxygen atoms in total. The van der Waals surface area contributed by atoms with Crippen molar-refractivity contribution in [3.05, 3.63) is 36.0 Å². The van der Waals surface area contributed by atoms with Crippen LogP contribution in [0.3, 0.4) is 0 Å². The Hall–Kier alpha value is -1.35. The molecule has 0 spiro atoms. The smallest absolute Gasteiger partial charge is 0.119 e. The van der Waals surface area contributed by atoms with Gasteiger partial charge in [0.1, 0.15) is 5.75 Å². The van der Waals surface area contributed by atoms with Crippen LogP contribution in [0.5, 0.6) is 5.75 Å². The average Bonchev–Trinajstić information content (AvgIpc) is 2.71.